The van der Waals surface area contributed by atoms with Gasteiger partial charge in [-0.1, -0.05) is 0 Å². The Kier molecular flexibility index (Phi) is 2.75. The molecule has 90 valence electrons. The molecule has 0 aromatic carbocycles. The van der Waals surface area contributed by atoms with Gasteiger partial charge >= 0.3 is 0 Å². The van der Waals surface area contributed by atoms with Gasteiger partial charge in [-0.05, 0) is 39.3 Å². The van der Waals surface area contributed by atoms with Gasteiger partial charge in [0.25, 0.3) is 0 Å². The fourth-order valence-electron chi connectivity index (χ4n) is 2.54. The van der Waals surface area contributed by atoms with E-state index in [2.05, 4.69) is 10.6 Å². The van der Waals surface area contributed by atoms with Crippen molar-refractivity contribution in [2.45, 2.75) is 26.4 Å². The van der Waals surface area contributed by atoms with Crippen LogP contribution in [0.3, 0.4) is 0 Å². The lowest BCUT2D eigenvalue weighted by molar-refractivity contribution is -0.157. The molecule has 0 spiro atoms. The first kappa shape index (κ1) is 11.5. The van der Waals surface area contributed by atoms with E-state index < -0.39 is 17.4 Å². The van der Waals surface area contributed by atoms with E-state index in [9.17, 15) is 14.7 Å². The van der Waals surface area contributed by atoms with Crippen LogP contribution in [-0.2, 0) is 9.59 Å². The van der Waals surface area contributed by atoms with Gasteiger partial charge in [0.05, 0.1) is 17.4 Å². The minimum absolute atomic E-state index is 0.127. The smallest absolute Gasteiger partial charge is 0.234 e. The average molecular weight is 226 g/mol. The number of piperidine rings is 1. The Hall–Kier alpha value is -0.940. The molecule has 2 rings (SSSR count). The fraction of sp³-hybridized carbons (Fsp3) is 0.818. The summed E-state index contributed by atoms with van der Waals surface area (Å²) in [5.74, 6) is -1.05. The molecular weight excluding hydrogens is 208 g/mol. The van der Waals surface area contributed by atoms with Crippen molar-refractivity contribution in [2.24, 2.45) is 17.3 Å². The second kappa shape index (κ2) is 3.82. The topological polar surface area (TPSA) is 78.4 Å². The summed E-state index contributed by atoms with van der Waals surface area (Å²) in [6, 6.07) is 0. The zero-order chi connectivity index (χ0) is 11.9. The number of aliphatic hydroxyl groups excluding tert-OH is 1. The summed E-state index contributed by atoms with van der Waals surface area (Å²) in [7, 11) is 0. The molecule has 0 radical (unpaired) electrons. The number of imide groups is 1. The van der Waals surface area contributed by atoms with Crippen LogP contribution in [0.4, 0.5) is 0 Å². The van der Waals surface area contributed by atoms with Crippen LogP contribution in [0.2, 0.25) is 0 Å². The number of rotatable bonds is 1. The van der Waals surface area contributed by atoms with Crippen molar-refractivity contribution >= 4 is 11.8 Å². The van der Waals surface area contributed by atoms with E-state index in [0.29, 0.717) is 0 Å². The van der Waals surface area contributed by atoms with Crippen LogP contribution in [0.15, 0.2) is 0 Å². The van der Waals surface area contributed by atoms with Crippen LogP contribution >= 0.6 is 0 Å². The Bertz CT molecular complexity index is 321. The van der Waals surface area contributed by atoms with Crippen LogP contribution in [0.5, 0.6) is 0 Å². The number of hydrogen-bond acceptors (Lipinski definition) is 4. The lowest BCUT2D eigenvalue weighted by Crippen LogP contribution is -2.61. The molecule has 5 heteroatoms. The Morgan fingerprint density at radius 3 is 2.62 bits per heavy atom. The summed E-state index contributed by atoms with van der Waals surface area (Å²) in [4.78, 5) is 23.4. The molecule has 2 amide bonds. The normalized spacial score (nSPS) is 38.6. The van der Waals surface area contributed by atoms with E-state index in [-0.39, 0.29) is 17.7 Å². The van der Waals surface area contributed by atoms with Crippen molar-refractivity contribution in [3.05, 3.63) is 0 Å². The maximum Gasteiger partial charge on any atom is 0.234 e. The summed E-state index contributed by atoms with van der Waals surface area (Å²) in [6.07, 6.45) is -0.0157. The first-order valence-corrected chi connectivity index (χ1v) is 5.68. The maximum absolute atomic E-state index is 11.8. The minimum Gasteiger partial charge on any atom is -0.391 e. The highest BCUT2D eigenvalue weighted by molar-refractivity contribution is 6.02. The number of carbonyl (C=O) groups is 2. The maximum atomic E-state index is 11.8. The average Bonchev–Trinajstić information content (AvgIpc) is 2.69. The molecule has 3 unspecified atom stereocenters. The molecule has 5 nitrogen and oxygen atoms in total. The van der Waals surface area contributed by atoms with Crippen molar-refractivity contribution in [2.75, 3.05) is 13.1 Å². The SMILES string of the molecule is CC1(C)C(=O)NC(=O)C(C2CCNC2)C1O. The zero-order valence-electron chi connectivity index (χ0n) is 9.62. The zero-order valence-corrected chi connectivity index (χ0v) is 9.62. The van der Waals surface area contributed by atoms with E-state index in [1.165, 1.54) is 0 Å². The van der Waals surface area contributed by atoms with Gasteiger partial charge in [0, 0.05) is 0 Å². The molecular formula is C11H18N2O3. The van der Waals surface area contributed by atoms with Gasteiger partial charge in [0.1, 0.15) is 0 Å². The molecule has 2 aliphatic rings. The third-order valence-electron chi connectivity index (χ3n) is 3.81. The highest BCUT2D eigenvalue weighted by Gasteiger charge is 2.51. The first-order chi connectivity index (χ1) is 7.44. The molecule has 0 aromatic rings. The Morgan fingerprint density at radius 1 is 1.38 bits per heavy atom. The van der Waals surface area contributed by atoms with Crippen LogP contribution in [0.25, 0.3) is 0 Å². The second-order valence-corrected chi connectivity index (χ2v) is 5.26. The lowest BCUT2D eigenvalue weighted by atomic mass is 9.70. The van der Waals surface area contributed by atoms with E-state index in [1.807, 2.05) is 0 Å². The van der Waals surface area contributed by atoms with Gasteiger partial charge in [0.15, 0.2) is 0 Å². The molecule has 2 heterocycles. The summed E-state index contributed by atoms with van der Waals surface area (Å²) in [6.45, 7) is 4.96. The molecule has 2 aliphatic heterocycles. The molecule has 0 aromatic heterocycles. The predicted molar refractivity (Wildman–Crippen MR) is 57.4 cm³/mol. The number of nitrogens with one attached hydrogen (secondary N) is 2. The first-order valence-electron chi connectivity index (χ1n) is 5.68. The van der Waals surface area contributed by atoms with Crippen LogP contribution in [-0.4, -0.2) is 36.1 Å². The monoisotopic (exact) mass is 226 g/mol. The van der Waals surface area contributed by atoms with Crippen molar-refractivity contribution in [3.63, 3.8) is 0 Å². The summed E-state index contributed by atoms with van der Waals surface area (Å²) in [5, 5.41) is 15.7. The third-order valence-corrected chi connectivity index (χ3v) is 3.81. The summed E-state index contributed by atoms with van der Waals surface area (Å²) in [5.41, 5.74) is -0.888. The summed E-state index contributed by atoms with van der Waals surface area (Å²) >= 11 is 0. The Labute approximate surface area is 94.6 Å². The van der Waals surface area contributed by atoms with E-state index in [4.69, 9.17) is 0 Å². The van der Waals surface area contributed by atoms with Crippen molar-refractivity contribution in [3.8, 4) is 0 Å². The molecule has 0 bridgehead atoms. The van der Waals surface area contributed by atoms with Crippen molar-refractivity contribution in [1.29, 1.82) is 0 Å². The lowest BCUT2D eigenvalue weighted by Gasteiger charge is -2.40. The van der Waals surface area contributed by atoms with Gasteiger partial charge < -0.3 is 10.4 Å². The van der Waals surface area contributed by atoms with Gasteiger partial charge in [-0.2, -0.15) is 0 Å². The molecule has 3 N–H and O–H groups in total. The number of hydrogen-bond donors (Lipinski definition) is 3. The molecule has 3 atom stereocenters. The van der Waals surface area contributed by atoms with Gasteiger partial charge in [-0.25, -0.2) is 0 Å². The van der Waals surface area contributed by atoms with Gasteiger partial charge in [-0.15, -0.1) is 0 Å². The van der Waals surface area contributed by atoms with E-state index in [0.717, 1.165) is 19.5 Å². The third kappa shape index (κ3) is 1.64. The van der Waals surface area contributed by atoms with E-state index >= 15 is 0 Å². The Balaban J connectivity index is 2.23. The van der Waals surface area contributed by atoms with Crippen LogP contribution < -0.4 is 10.6 Å². The van der Waals surface area contributed by atoms with Crippen molar-refractivity contribution in [1.82, 2.24) is 10.6 Å². The molecule has 2 saturated heterocycles. The Morgan fingerprint density at radius 2 is 2.06 bits per heavy atom. The standard InChI is InChI=1S/C11H18N2O3/c1-11(2)8(14)7(6-3-4-12-5-6)9(15)13-10(11)16/h6-8,12,14H,3-5H2,1-2H3,(H,13,15,16). The highest BCUT2D eigenvalue weighted by Crippen LogP contribution is 2.36. The predicted octanol–water partition coefficient (Wildman–Crippen LogP) is -0.744. The van der Waals surface area contributed by atoms with Crippen LogP contribution in [0.1, 0.15) is 20.3 Å². The molecule has 0 aliphatic carbocycles. The number of aliphatic hydroxyl groups is 1. The molecule has 16 heavy (non-hydrogen) atoms. The highest BCUT2D eigenvalue weighted by atomic mass is 16.3. The van der Waals surface area contributed by atoms with E-state index in [1.54, 1.807) is 13.8 Å². The fourth-order valence-corrected chi connectivity index (χ4v) is 2.54. The largest absolute Gasteiger partial charge is 0.391 e. The number of carbonyl (C=O) groups excluding carboxylic acids is 2. The van der Waals surface area contributed by atoms with Crippen molar-refractivity contribution < 1.29 is 14.7 Å². The molecule has 0 saturated carbocycles. The second-order valence-electron chi connectivity index (χ2n) is 5.26. The van der Waals surface area contributed by atoms with Gasteiger partial charge in [0.2, 0.25) is 11.8 Å². The van der Waals surface area contributed by atoms with Gasteiger partial charge in [-0.3, -0.25) is 14.9 Å². The number of amides is 2. The van der Waals surface area contributed by atoms with Crippen LogP contribution in [0, 0.1) is 17.3 Å². The quantitative estimate of drug-likeness (QED) is 0.514. The summed E-state index contributed by atoms with van der Waals surface area (Å²) < 4.78 is 0. The molecule has 2 fully saturated rings. The minimum atomic E-state index is -0.890.